The Hall–Kier alpha value is -2.37. The number of anilines is 1. The Bertz CT molecular complexity index is 1020. The molecule has 3 atom stereocenters. The molecule has 0 aromatic heterocycles. The summed E-state index contributed by atoms with van der Waals surface area (Å²) in [5, 5.41) is 8.76. The number of rotatable bonds is 6. The first-order chi connectivity index (χ1) is 15.3. The molecule has 1 amide bonds. The van der Waals surface area contributed by atoms with Gasteiger partial charge in [0.2, 0.25) is 5.91 Å². The maximum absolute atomic E-state index is 12.7. The van der Waals surface area contributed by atoms with Gasteiger partial charge in [-0.05, 0) is 49.5 Å². The van der Waals surface area contributed by atoms with Gasteiger partial charge in [0.05, 0.1) is 16.8 Å². The minimum atomic E-state index is -0.101. The van der Waals surface area contributed by atoms with Crippen LogP contribution in [0.1, 0.15) is 45.6 Å². The maximum atomic E-state index is 12.7. The van der Waals surface area contributed by atoms with Crippen LogP contribution in [0.2, 0.25) is 10.0 Å². The van der Waals surface area contributed by atoms with Crippen molar-refractivity contribution in [2.45, 2.75) is 53.0 Å². The summed E-state index contributed by atoms with van der Waals surface area (Å²) in [5.41, 5.74) is 6.55. The summed E-state index contributed by atoms with van der Waals surface area (Å²) in [7, 11) is 0. The van der Waals surface area contributed by atoms with E-state index < -0.39 is 0 Å². The number of amides is 1. The summed E-state index contributed by atoms with van der Waals surface area (Å²) >= 11 is 12.5. The molecule has 7 heteroatoms. The summed E-state index contributed by atoms with van der Waals surface area (Å²) in [6.45, 7) is 8.07. The Morgan fingerprint density at radius 3 is 2.81 bits per heavy atom. The first-order valence-corrected chi connectivity index (χ1v) is 11.7. The summed E-state index contributed by atoms with van der Waals surface area (Å²) in [4.78, 5) is 17.5. The highest BCUT2D eigenvalue weighted by Gasteiger charge is 2.29. The summed E-state index contributed by atoms with van der Waals surface area (Å²) in [6.07, 6.45) is 12.1. The molecule has 2 N–H and O–H groups in total. The van der Waals surface area contributed by atoms with E-state index in [1.807, 2.05) is 20.8 Å². The second-order valence-corrected chi connectivity index (χ2v) is 9.08. The number of halogens is 2. The average Bonchev–Trinajstić information content (AvgIpc) is 3.04. The molecule has 1 aromatic carbocycles. The Balaban J connectivity index is 1.79. The number of hydrogen-bond donors (Lipinski definition) is 2. The van der Waals surface area contributed by atoms with Gasteiger partial charge in [0, 0.05) is 29.5 Å². The van der Waals surface area contributed by atoms with E-state index in [2.05, 4.69) is 53.1 Å². The molecule has 0 spiro atoms. The van der Waals surface area contributed by atoms with Gasteiger partial charge in [0.15, 0.2) is 0 Å². The van der Waals surface area contributed by atoms with E-state index in [4.69, 9.17) is 28.2 Å². The molecule has 2 aliphatic rings. The van der Waals surface area contributed by atoms with Crippen LogP contribution in [-0.4, -0.2) is 23.5 Å². The topological polar surface area (TPSA) is 65.8 Å². The van der Waals surface area contributed by atoms with Crippen molar-refractivity contribution in [2.75, 3.05) is 5.43 Å². The molecule has 0 radical (unpaired) electrons. The summed E-state index contributed by atoms with van der Waals surface area (Å²) in [5.74, 6) is 0.951. The molecule has 5 nitrogen and oxygen atoms in total. The fourth-order valence-corrected chi connectivity index (χ4v) is 4.21. The largest absolute Gasteiger partial charge is 0.314 e. The number of aliphatic imine (C=N–C) groups is 1. The second-order valence-electron chi connectivity index (χ2n) is 8.30. The fraction of sp³-hybridized carbons (Fsp3) is 0.400. The molecule has 170 valence electrons. The molecule has 3 rings (SSSR count). The van der Waals surface area contributed by atoms with Crippen molar-refractivity contribution in [3.63, 3.8) is 0 Å². The van der Waals surface area contributed by atoms with Crippen molar-refractivity contribution in [2.24, 2.45) is 21.9 Å². The smallest absolute Gasteiger partial charge is 0.226 e. The van der Waals surface area contributed by atoms with Crippen LogP contribution in [0.3, 0.4) is 0 Å². The van der Waals surface area contributed by atoms with Crippen LogP contribution >= 0.6 is 23.2 Å². The van der Waals surface area contributed by atoms with Crippen LogP contribution in [-0.2, 0) is 4.79 Å². The van der Waals surface area contributed by atoms with E-state index in [-0.39, 0.29) is 17.9 Å². The number of benzene rings is 1. The molecule has 0 fully saturated rings. The van der Waals surface area contributed by atoms with E-state index in [0.29, 0.717) is 46.7 Å². The number of amidine groups is 1. The first-order valence-electron chi connectivity index (χ1n) is 11.0. The van der Waals surface area contributed by atoms with Crippen LogP contribution < -0.4 is 10.7 Å². The molecule has 0 saturated carbocycles. The van der Waals surface area contributed by atoms with Gasteiger partial charge in [-0.25, -0.2) is 0 Å². The molecule has 1 heterocycles. The van der Waals surface area contributed by atoms with Crippen LogP contribution in [0.4, 0.5) is 5.69 Å². The maximum Gasteiger partial charge on any atom is 0.226 e. The third-order valence-electron chi connectivity index (χ3n) is 5.77. The quantitative estimate of drug-likeness (QED) is 0.367. The molecular formula is C25H30Cl2N4O. The van der Waals surface area contributed by atoms with Gasteiger partial charge >= 0.3 is 0 Å². The number of carbonyl (C=O) groups is 1. The zero-order valence-electron chi connectivity index (χ0n) is 19.0. The van der Waals surface area contributed by atoms with Gasteiger partial charge in [0.25, 0.3) is 0 Å². The van der Waals surface area contributed by atoms with E-state index in [1.54, 1.807) is 12.1 Å². The molecule has 0 bridgehead atoms. The SMILES string of the molecule is CC/C(=N/Nc1ccc(Cl)c(C)c1Cl)C1CC(=O)NC(CC2=CC=CC(C)C=C2)=NC1C. The van der Waals surface area contributed by atoms with Crippen molar-refractivity contribution in [1.82, 2.24) is 5.32 Å². The Labute approximate surface area is 200 Å². The number of allylic oxidation sites excluding steroid dienone is 5. The lowest BCUT2D eigenvalue weighted by molar-refractivity contribution is -0.120. The number of hydrazone groups is 1. The van der Waals surface area contributed by atoms with Crippen LogP contribution in [0.25, 0.3) is 0 Å². The second kappa shape index (κ2) is 11.0. The molecule has 1 aliphatic carbocycles. The van der Waals surface area contributed by atoms with Crippen molar-refractivity contribution in [3.8, 4) is 0 Å². The normalized spacial score (nSPS) is 23.8. The Morgan fingerprint density at radius 2 is 2.06 bits per heavy atom. The number of hydrogen-bond acceptors (Lipinski definition) is 4. The predicted octanol–water partition coefficient (Wildman–Crippen LogP) is 6.48. The standard InChI is InChI=1S/C25H30Cl2N4O/c1-5-21(30-31-22-12-11-20(26)16(3)25(22)27)19-14-24(32)29-23(28-17(19)4)13-18-8-6-7-15(2)9-10-18/h6-12,15,17,19,31H,5,13-14H2,1-4H3,(H,28,29,32)/b30-21-. The molecule has 3 unspecified atom stereocenters. The molecule has 1 aromatic rings. The highest BCUT2D eigenvalue weighted by molar-refractivity contribution is 6.37. The zero-order chi connectivity index (χ0) is 23.3. The summed E-state index contributed by atoms with van der Waals surface area (Å²) in [6, 6.07) is 3.51. The highest BCUT2D eigenvalue weighted by atomic mass is 35.5. The predicted molar refractivity (Wildman–Crippen MR) is 136 cm³/mol. The lowest BCUT2D eigenvalue weighted by Crippen LogP contribution is -2.31. The van der Waals surface area contributed by atoms with Gasteiger partial charge in [-0.3, -0.25) is 15.2 Å². The Morgan fingerprint density at radius 1 is 1.28 bits per heavy atom. The molecular weight excluding hydrogens is 443 g/mol. The van der Waals surface area contributed by atoms with E-state index in [0.717, 1.165) is 16.8 Å². The Kier molecular flexibility index (Phi) is 8.32. The number of nitrogens with one attached hydrogen (secondary N) is 2. The van der Waals surface area contributed by atoms with E-state index >= 15 is 0 Å². The van der Waals surface area contributed by atoms with Crippen LogP contribution in [0.15, 0.2) is 58.2 Å². The van der Waals surface area contributed by atoms with Crippen molar-refractivity contribution in [1.29, 1.82) is 0 Å². The minimum absolute atomic E-state index is 0.0401. The van der Waals surface area contributed by atoms with Crippen molar-refractivity contribution >= 4 is 46.3 Å². The average molecular weight is 473 g/mol. The van der Waals surface area contributed by atoms with Gasteiger partial charge < -0.3 is 5.32 Å². The van der Waals surface area contributed by atoms with E-state index in [1.165, 1.54) is 0 Å². The summed E-state index contributed by atoms with van der Waals surface area (Å²) < 4.78 is 0. The first kappa shape index (κ1) is 24.3. The number of carbonyl (C=O) groups excluding carboxylic acids is 1. The fourth-order valence-electron chi connectivity index (χ4n) is 3.80. The van der Waals surface area contributed by atoms with Gasteiger partial charge in [-0.15, -0.1) is 0 Å². The lowest BCUT2D eigenvalue weighted by Gasteiger charge is -2.20. The third-order valence-corrected chi connectivity index (χ3v) is 6.67. The van der Waals surface area contributed by atoms with Gasteiger partial charge in [-0.1, -0.05) is 67.4 Å². The van der Waals surface area contributed by atoms with Crippen molar-refractivity contribution < 1.29 is 4.79 Å². The lowest BCUT2D eigenvalue weighted by atomic mass is 9.91. The van der Waals surface area contributed by atoms with Gasteiger partial charge in [-0.2, -0.15) is 5.10 Å². The van der Waals surface area contributed by atoms with Crippen LogP contribution in [0.5, 0.6) is 0 Å². The number of nitrogens with zero attached hydrogens (tertiary/aromatic N) is 2. The van der Waals surface area contributed by atoms with E-state index in [9.17, 15) is 4.79 Å². The highest BCUT2D eigenvalue weighted by Crippen LogP contribution is 2.31. The third kappa shape index (κ3) is 6.11. The monoisotopic (exact) mass is 472 g/mol. The van der Waals surface area contributed by atoms with Crippen molar-refractivity contribution in [3.05, 3.63) is 63.7 Å². The zero-order valence-corrected chi connectivity index (χ0v) is 20.5. The molecule has 32 heavy (non-hydrogen) atoms. The van der Waals surface area contributed by atoms with Crippen LogP contribution in [0, 0.1) is 18.8 Å². The molecule has 0 saturated heterocycles. The minimum Gasteiger partial charge on any atom is -0.314 e. The van der Waals surface area contributed by atoms with Gasteiger partial charge in [0.1, 0.15) is 5.84 Å². The molecule has 1 aliphatic heterocycles.